The molecular weight excluding hydrogens is 264 g/mol. The number of piperidine rings is 1. The van der Waals surface area contributed by atoms with Crippen molar-refractivity contribution in [3.05, 3.63) is 41.6 Å². The molecule has 0 bridgehead atoms. The maximum atomic E-state index is 12.8. The Morgan fingerprint density at radius 1 is 1.38 bits per heavy atom. The average Bonchev–Trinajstić information content (AvgIpc) is 2.53. The summed E-state index contributed by atoms with van der Waals surface area (Å²) in [7, 11) is 0. The van der Waals surface area contributed by atoms with Gasteiger partial charge in [-0.25, -0.2) is 0 Å². The third kappa shape index (κ3) is 2.76. The number of aryl methyl sites for hydroxylation is 1. The molecule has 0 spiro atoms. The van der Waals surface area contributed by atoms with Gasteiger partial charge in [-0.2, -0.15) is 0 Å². The molecule has 1 saturated heterocycles. The molecule has 2 heterocycles. The van der Waals surface area contributed by atoms with E-state index in [0.717, 1.165) is 36.0 Å². The minimum absolute atomic E-state index is 0.0249. The van der Waals surface area contributed by atoms with Gasteiger partial charge in [0.05, 0.1) is 11.1 Å². The summed E-state index contributed by atoms with van der Waals surface area (Å²) in [5.74, 6) is 0.226. The molecule has 0 radical (unpaired) electrons. The van der Waals surface area contributed by atoms with Gasteiger partial charge in [0.2, 0.25) is 0 Å². The Kier molecular flexibility index (Phi) is 3.88. The van der Waals surface area contributed by atoms with Gasteiger partial charge in [0.15, 0.2) is 0 Å². The Morgan fingerprint density at radius 3 is 3.05 bits per heavy atom. The number of nitrogens with zero attached hydrogens (tertiary/aromatic N) is 2. The summed E-state index contributed by atoms with van der Waals surface area (Å²) < 4.78 is 0. The number of hydrogen-bond donors (Lipinski definition) is 1. The molecule has 1 unspecified atom stereocenters. The molecule has 2 aromatic rings. The third-order valence-corrected chi connectivity index (χ3v) is 4.15. The SMILES string of the molecule is Cc1ccc2cccc(C(=O)N3CCCC(CO)C3)c2n1. The van der Waals surface area contributed by atoms with Gasteiger partial charge in [0.1, 0.15) is 0 Å². The number of aliphatic hydroxyl groups excluding tert-OH is 1. The first-order valence-corrected chi connectivity index (χ1v) is 7.45. The molecule has 1 aromatic carbocycles. The number of fused-ring (bicyclic) bond motifs is 1. The highest BCUT2D eigenvalue weighted by Gasteiger charge is 2.25. The first-order valence-electron chi connectivity index (χ1n) is 7.45. The highest BCUT2D eigenvalue weighted by atomic mass is 16.3. The second-order valence-corrected chi connectivity index (χ2v) is 5.77. The molecule has 3 rings (SSSR count). The first-order chi connectivity index (χ1) is 10.2. The van der Waals surface area contributed by atoms with Crippen LogP contribution in [0, 0.1) is 12.8 Å². The smallest absolute Gasteiger partial charge is 0.256 e. The fraction of sp³-hybridized carbons (Fsp3) is 0.412. The van der Waals surface area contributed by atoms with E-state index in [9.17, 15) is 9.90 Å². The van der Waals surface area contributed by atoms with Crippen molar-refractivity contribution in [1.82, 2.24) is 9.88 Å². The quantitative estimate of drug-likeness (QED) is 0.921. The van der Waals surface area contributed by atoms with Crippen LogP contribution in [0.15, 0.2) is 30.3 Å². The number of pyridine rings is 1. The number of likely N-dealkylation sites (tertiary alicyclic amines) is 1. The highest BCUT2D eigenvalue weighted by Crippen LogP contribution is 2.22. The lowest BCUT2D eigenvalue weighted by Crippen LogP contribution is -2.41. The molecule has 1 aliphatic rings. The largest absolute Gasteiger partial charge is 0.396 e. The molecule has 1 atom stereocenters. The molecule has 21 heavy (non-hydrogen) atoms. The van der Waals surface area contributed by atoms with Gasteiger partial charge in [-0.3, -0.25) is 9.78 Å². The average molecular weight is 284 g/mol. The van der Waals surface area contributed by atoms with E-state index in [1.165, 1.54) is 0 Å². The molecular formula is C17H20N2O2. The molecule has 4 heteroatoms. The molecule has 1 amide bonds. The van der Waals surface area contributed by atoms with Gasteiger partial charge in [-0.15, -0.1) is 0 Å². The Hall–Kier alpha value is -1.94. The molecule has 4 nitrogen and oxygen atoms in total. The second-order valence-electron chi connectivity index (χ2n) is 5.77. The number of para-hydroxylation sites is 1. The van der Waals surface area contributed by atoms with Crippen molar-refractivity contribution in [2.75, 3.05) is 19.7 Å². The van der Waals surface area contributed by atoms with Crippen molar-refractivity contribution in [1.29, 1.82) is 0 Å². The van der Waals surface area contributed by atoms with Crippen LogP contribution < -0.4 is 0 Å². The van der Waals surface area contributed by atoms with Crippen molar-refractivity contribution in [2.45, 2.75) is 19.8 Å². The lowest BCUT2D eigenvalue weighted by Gasteiger charge is -2.32. The van der Waals surface area contributed by atoms with Crippen LogP contribution in [0.4, 0.5) is 0 Å². The fourth-order valence-electron chi connectivity index (χ4n) is 2.99. The molecule has 1 fully saturated rings. The van der Waals surface area contributed by atoms with E-state index in [0.29, 0.717) is 12.1 Å². The van der Waals surface area contributed by atoms with Crippen molar-refractivity contribution in [3.8, 4) is 0 Å². The zero-order valence-corrected chi connectivity index (χ0v) is 12.2. The van der Waals surface area contributed by atoms with Gasteiger partial charge in [0, 0.05) is 30.8 Å². The predicted octanol–water partition coefficient (Wildman–Crippen LogP) is 2.39. The maximum Gasteiger partial charge on any atom is 0.256 e. The van der Waals surface area contributed by atoms with Crippen molar-refractivity contribution in [2.24, 2.45) is 5.92 Å². The van der Waals surface area contributed by atoms with Gasteiger partial charge in [-0.05, 0) is 37.8 Å². The van der Waals surface area contributed by atoms with Crippen LogP contribution in [0.1, 0.15) is 28.9 Å². The Labute approximate surface area is 124 Å². The van der Waals surface area contributed by atoms with Crippen LogP contribution in [0.5, 0.6) is 0 Å². The summed E-state index contributed by atoms with van der Waals surface area (Å²) in [5, 5.41) is 10.3. The van der Waals surface area contributed by atoms with Gasteiger partial charge in [0.25, 0.3) is 5.91 Å². The molecule has 0 aliphatic carbocycles. The summed E-state index contributed by atoms with van der Waals surface area (Å²) in [6.45, 7) is 3.48. The number of amides is 1. The van der Waals surface area contributed by atoms with Crippen LogP contribution in [0.2, 0.25) is 0 Å². The van der Waals surface area contributed by atoms with E-state index in [2.05, 4.69) is 4.98 Å². The summed E-state index contributed by atoms with van der Waals surface area (Å²) in [4.78, 5) is 19.2. The van der Waals surface area contributed by atoms with E-state index < -0.39 is 0 Å². The van der Waals surface area contributed by atoms with Crippen LogP contribution in [-0.4, -0.2) is 40.6 Å². The number of carbonyl (C=O) groups excluding carboxylic acids is 1. The predicted molar refractivity (Wildman–Crippen MR) is 82.2 cm³/mol. The van der Waals surface area contributed by atoms with Crippen LogP contribution in [-0.2, 0) is 0 Å². The van der Waals surface area contributed by atoms with Gasteiger partial charge >= 0.3 is 0 Å². The van der Waals surface area contributed by atoms with Crippen LogP contribution in [0.3, 0.4) is 0 Å². The standard InChI is InChI=1S/C17H20N2O2/c1-12-7-8-14-5-2-6-15(16(14)18-12)17(21)19-9-3-4-13(10-19)11-20/h2,5-8,13,20H,3-4,9-11H2,1H3. The molecule has 1 aliphatic heterocycles. The van der Waals surface area contributed by atoms with Crippen LogP contribution in [0.25, 0.3) is 10.9 Å². The first kappa shape index (κ1) is 14.0. The van der Waals surface area contributed by atoms with E-state index in [4.69, 9.17) is 0 Å². The number of rotatable bonds is 2. The zero-order valence-electron chi connectivity index (χ0n) is 12.2. The Morgan fingerprint density at radius 2 is 2.24 bits per heavy atom. The number of aliphatic hydroxyl groups is 1. The van der Waals surface area contributed by atoms with E-state index >= 15 is 0 Å². The molecule has 0 saturated carbocycles. The van der Waals surface area contributed by atoms with E-state index in [-0.39, 0.29) is 18.4 Å². The topological polar surface area (TPSA) is 53.4 Å². The van der Waals surface area contributed by atoms with Crippen molar-refractivity contribution >= 4 is 16.8 Å². The lowest BCUT2D eigenvalue weighted by atomic mass is 9.98. The number of benzene rings is 1. The highest BCUT2D eigenvalue weighted by molar-refractivity contribution is 6.05. The lowest BCUT2D eigenvalue weighted by molar-refractivity contribution is 0.0622. The molecule has 1 aromatic heterocycles. The van der Waals surface area contributed by atoms with Gasteiger partial charge in [-0.1, -0.05) is 18.2 Å². The second kappa shape index (κ2) is 5.82. The minimum Gasteiger partial charge on any atom is -0.396 e. The van der Waals surface area contributed by atoms with Gasteiger partial charge < -0.3 is 10.0 Å². The minimum atomic E-state index is 0.0249. The van der Waals surface area contributed by atoms with Crippen LogP contribution >= 0.6 is 0 Å². The third-order valence-electron chi connectivity index (χ3n) is 4.15. The number of hydrogen-bond acceptors (Lipinski definition) is 3. The zero-order chi connectivity index (χ0) is 14.8. The summed E-state index contributed by atoms with van der Waals surface area (Å²) in [5.41, 5.74) is 2.35. The Balaban J connectivity index is 1.96. The normalized spacial score (nSPS) is 19.0. The summed E-state index contributed by atoms with van der Waals surface area (Å²) in [6.07, 6.45) is 1.95. The van der Waals surface area contributed by atoms with E-state index in [1.807, 2.05) is 42.2 Å². The number of carbonyl (C=O) groups is 1. The Bertz CT molecular complexity index is 669. The van der Waals surface area contributed by atoms with E-state index in [1.54, 1.807) is 0 Å². The fourth-order valence-corrected chi connectivity index (χ4v) is 2.99. The summed E-state index contributed by atoms with van der Waals surface area (Å²) in [6, 6.07) is 9.69. The monoisotopic (exact) mass is 284 g/mol. The van der Waals surface area contributed by atoms with Crippen molar-refractivity contribution < 1.29 is 9.90 Å². The molecule has 1 N–H and O–H groups in total. The maximum absolute atomic E-state index is 12.8. The molecule has 110 valence electrons. The van der Waals surface area contributed by atoms with Crippen molar-refractivity contribution in [3.63, 3.8) is 0 Å². The summed E-state index contributed by atoms with van der Waals surface area (Å²) >= 11 is 0. The number of aromatic nitrogens is 1.